The Bertz CT molecular complexity index is 659. The first kappa shape index (κ1) is 13.8. The van der Waals surface area contributed by atoms with Crippen LogP contribution in [-0.4, -0.2) is 32.1 Å². The summed E-state index contributed by atoms with van der Waals surface area (Å²) in [5.41, 5.74) is 1.17. The second kappa shape index (κ2) is 4.79. The van der Waals surface area contributed by atoms with Crippen LogP contribution >= 0.6 is 0 Å². The van der Waals surface area contributed by atoms with Crippen molar-refractivity contribution in [2.75, 3.05) is 6.54 Å². The molecule has 0 radical (unpaired) electrons. The Morgan fingerprint density at radius 3 is 2.63 bits per heavy atom. The summed E-state index contributed by atoms with van der Waals surface area (Å²) in [4.78, 5) is 11.1. The number of hydrogen-bond acceptors (Lipinski definition) is 4. The molecule has 1 heterocycles. The molecule has 1 aliphatic heterocycles. The highest BCUT2D eigenvalue weighted by molar-refractivity contribution is 7.95. The summed E-state index contributed by atoms with van der Waals surface area (Å²) in [6, 6.07) is 4.30. The third-order valence-electron chi connectivity index (χ3n) is 2.88. The summed E-state index contributed by atoms with van der Waals surface area (Å²) >= 11 is 0. The minimum Gasteiger partial charge on any atom is -0.478 e. The number of aromatic carboxylic acids is 1. The molecular weight excluding hydrogens is 266 g/mol. The first-order valence-electron chi connectivity index (χ1n) is 5.88. The van der Waals surface area contributed by atoms with Crippen LogP contribution in [0.2, 0.25) is 0 Å². The number of nitrogens with one attached hydrogen (secondary N) is 1. The Labute approximate surface area is 111 Å². The maximum absolute atomic E-state index is 11.9. The van der Waals surface area contributed by atoms with E-state index in [9.17, 15) is 13.2 Å². The van der Waals surface area contributed by atoms with E-state index in [1.54, 1.807) is 0 Å². The van der Waals surface area contributed by atoms with Gasteiger partial charge in [-0.3, -0.25) is 0 Å². The molecule has 6 heteroatoms. The number of benzene rings is 1. The molecule has 0 fully saturated rings. The van der Waals surface area contributed by atoms with Crippen LogP contribution in [0.5, 0.6) is 0 Å². The fourth-order valence-corrected chi connectivity index (χ4v) is 3.39. The molecule has 2 N–H and O–H groups in total. The second-order valence-electron chi connectivity index (χ2n) is 4.74. The van der Waals surface area contributed by atoms with Crippen molar-refractivity contribution in [2.24, 2.45) is 0 Å². The highest BCUT2D eigenvalue weighted by Crippen LogP contribution is 2.33. The average molecular weight is 281 g/mol. The van der Waals surface area contributed by atoms with Gasteiger partial charge in [0.1, 0.15) is 0 Å². The molecule has 102 valence electrons. The van der Waals surface area contributed by atoms with Crippen LogP contribution in [0, 0.1) is 0 Å². The van der Waals surface area contributed by atoms with Gasteiger partial charge >= 0.3 is 5.97 Å². The molecule has 5 nitrogen and oxygen atoms in total. The van der Waals surface area contributed by atoms with Crippen LogP contribution in [0.3, 0.4) is 0 Å². The van der Waals surface area contributed by atoms with Crippen molar-refractivity contribution in [1.29, 1.82) is 0 Å². The number of carbonyl (C=O) groups is 1. The largest absolute Gasteiger partial charge is 0.478 e. The predicted molar refractivity (Wildman–Crippen MR) is 71.7 cm³/mol. The van der Waals surface area contributed by atoms with E-state index < -0.39 is 15.8 Å². The van der Waals surface area contributed by atoms with Crippen LogP contribution in [0.25, 0.3) is 5.57 Å². The van der Waals surface area contributed by atoms with E-state index in [2.05, 4.69) is 5.32 Å². The zero-order valence-corrected chi connectivity index (χ0v) is 11.5. The lowest BCUT2D eigenvalue weighted by molar-refractivity contribution is 0.0696. The quantitative estimate of drug-likeness (QED) is 0.874. The van der Waals surface area contributed by atoms with Crippen LogP contribution in [0.4, 0.5) is 0 Å². The fourth-order valence-electron chi connectivity index (χ4n) is 1.93. The molecule has 0 aromatic heterocycles. The van der Waals surface area contributed by atoms with Gasteiger partial charge in [-0.15, -0.1) is 0 Å². The Morgan fingerprint density at radius 2 is 2.05 bits per heavy atom. The standard InChI is InChI=1S/C13H15NO4S/c1-8(2)14-6-10-7-19(17,18)12-4-3-9(13(15)16)5-11(10)12/h3-5,7-8,14H,6H2,1-2H3,(H,15,16). The molecule has 0 spiro atoms. The molecule has 19 heavy (non-hydrogen) atoms. The maximum atomic E-state index is 11.9. The van der Waals surface area contributed by atoms with E-state index in [1.165, 1.54) is 23.6 Å². The number of hydrogen-bond donors (Lipinski definition) is 2. The van der Waals surface area contributed by atoms with E-state index >= 15 is 0 Å². The summed E-state index contributed by atoms with van der Waals surface area (Å²) in [6.45, 7) is 4.31. The zero-order valence-electron chi connectivity index (χ0n) is 10.7. The number of sulfone groups is 1. The van der Waals surface area contributed by atoms with Gasteiger partial charge in [-0.05, 0) is 29.3 Å². The Balaban J connectivity index is 2.46. The summed E-state index contributed by atoms with van der Waals surface area (Å²) in [5, 5.41) is 13.3. The molecule has 0 atom stereocenters. The molecule has 0 saturated heterocycles. The summed E-state index contributed by atoms with van der Waals surface area (Å²) in [7, 11) is -3.44. The smallest absolute Gasteiger partial charge is 0.335 e. The van der Waals surface area contributed by atoms with Crippen LogP contribution in [-0.2, 0) is 9.84 Å². The van der Waals surface area contributed by atoms with Crippen molar-refractivity contribution in [3.8, 4) is 0 Å². The number of carboxylic acid groups (broad SMARTS) is 1. The molecule has 1 aromatic rings. The molecule has 0 unspecified atom stereocenters. The van der Waals surface area contributed by atoms with Gasteiger partial charge in [0.2, 0.25) is 9.84 Å². The molecular formula is C13H15NO4S. The highest BCUT2D eigenvalue weighted by Gasteiger charge is 2.27. The van der Waals surface area contributed by atoms with Gasteiger partial charge in [-0.25, -0.2) is 13.2 Å². The predicted octanol–water partition coefficient (Wildman–Crippen LogP) is 1.51. The lowest BCUT2D eigenvalue weighted by Gasteiger charge is -2.09. The van der Waals surface area contributed by atoms with Crippen molar-refractivity contribution in [3.63, 3.8) is 0 Å². The van der Waals surface area contributed by atoms with Gasteiger partial charge in [-0.1, -0.05) is 13.8 Å². The maximum Gasteiger partial charge on any atom is 0.335 e. The lowest BCUT2D eigenvalue weighted by atomic mass is 10.0. The van der Waals surface area contributed by atoms with Crippen molar-refractivity contribution >= 4 is 21.4 Å². The van der Waals surface area contributed by atoms with Gasteiger partial charge < -0.3 is 10.4 Å². The van der Waals surface area contributed by atoms with Crippen molar-refractivity contribution in [1.82, 2.24) is 5.32 Å². The molecule has 1 aromatic carbocycles. The number of carboxylic acids is 1. The van der Waals surface area contributed by atoms with Gasteiger partial charge in [0, 0.05) is 18.0 Å². The minimum atomic E-state index is -3.44. The zero-order chi connectivity index (χ0) is 14.2. The summed E-state index contributed by atoms with van der Waals surface area (Å²) in [5.74, 6) is -1.07. The SMILES string of the molecule is CC(C)NCC1=CS(=O)(=O)c2ccc(C(=O)O)cc21. The minimum absolute atomic E-state index is 0.0892. The van der Waals surface area contributed by atoms with Crippen LogP contribution < -0.4 is 5.32 Å². The van der Waals surface area contributed by atoms with Crippen molar-refractivity contribution in [3.05, 3.63) is 34.7 Å². The second-order valence-corrected chi connectivity index (χ2v) is 6.51. The summed E-state index contributed by atoms with van der Waals surface area (Å²) < 4.78 is 23.9. The average Bonchev–Trinajstić information content (AvgIpc) is 2.58. The molecule has 0 bridgehead atoms. The molecule has 0 saturated carbocycles. The van der Waals surface area contributed by atoms with E-state index in [1.807, 2.05) is 13.8 Å². The van der Waals surface area contributed by atoms with Crippen LogP contribution in [0.1, 0.15) is 29.8 Å². The van der Waals surface area contributed by atoms with Crippen molar-refractivity contribution < 1.29 is 18.3 Å². The third-order valence-corrected chi connectivity index (χ3v) is 4.44. The Hall–Kier alpha value is -1.66. The number of fused-ring (bicyclic) bond motifs is 1. The third kappa shape index (κ3) is 2.69. The first-order chi connectivity index (χ1) is 8.81. The van der Waals surface area contributed by atoms with Gasteiger partial charge in [0.25, 0.3) is 0 Å². The molecule has 0 aliphatic carbocycles. The number of rotatable bonds is 4. The molecule has 1 aliphatic rings. The fraction of sp³-hybridized carbons (Fsp3) is 0.308. The van der Waals surface area contributed by atoms with Crippen LogP contribution in [0.15, 0.2) is 28.5 Å². The van der Waals surface area contributed by atoms with Crippen molar-refractivity contribution in [2.45, 2.75) is 24.8 Å². The monoisotopic (exact) mass is 281 g/mol. The van der Waals surface area contributed by atoms with Gasteiger partial charge in [0.05, 0.1) is 10.5 Å². The normalized spacial score (nSPS) is 16.3. The van der Waals surface area contributed by atoms with Gasteiger partial charge in [-0.2, -0.15) is 0 Å². The molecule has 2 rings (SSSR count). The van der Waals surface area contributed by atoms with Gasteiger partial charge in [0.15, 0.2) is 0 Å². The first-order valence-corrected chi connectivity index (χ1v) is 7.42. The lowest BCUT2D eigenvalue weighted by Crippen LogP contribution is -2.24. The van der Waals surface area contributed by atoms with E-state index in [0.717, 1.165) is 0 Å². The summed E-state index contributed by atoms with van der Waals surface area (Å²) in [6.07, 6.45) is 0. The van der Waals surface area contributed by atoms with E-state index in [-0.39, 0.29) is 16.5 Å². The Morgan fingerprint density at radius 1 is 1.37 bits per heavy atom. The topological polar surface area (TPSA) is 83.5 Å². The molecule has 0 amide bonds. The highest BCUT2D eigenvalue weighted by atomic mass is 32.2. The van der Waals surface area contributed by atoms with E-state index in [4.69, 9.17) is 5.11 Å². The van der Waals surface area contributed by atoms with E-state index in [0.29, 0.717) is 17.7 Å². The Kier molecular flexibility index (Phi) is 3.47.